The Morgan fingerprint density at radius 1 is 1.02 bits per heavy atom. The van der Waals surface area contributed by atoms with Crippen molar-refractivity contribution in [3.8, 4) is 5.75 Å². The third-order valence-corrected chi connectivity index (χ3v) is 11.9. The van der Waals surface area contributed by atoms with Crippen LogP contribution in [0.1, 0.15) is 42.7 Å². The number of para-hydroxylation sites is 1. The number of aliphatic hydroxyl groups excluding tert-OH is 1. The van der Waals surface area contributed by atoms with E-state index in [-0.39, 0.29) is 49.5 Å². The van der Waals surface area contributed by atoms with E-state index in [4.69, 9.17) is 4.74 Å². The Labute approximate surface area is 361 Å². The largest absolute Gasteiger partial charge is 0.508 e. The van der Waals surface area contributed by atoms with Gasteiger partial charge >= 0.3 is 17.7 Å². The molecule has 0 aliphatic carbocycles. The summed E-state index contributed by atoms with van der Waals surface area (Å²) in [5.41, 5.74) is 1.27. The number of benzene rings is 2. The maximum atomic E-state index is 14.1. The second-order valence-corrected chi connectivity index (χ2v) is 16.9. The summed E-state index contributed by atoms with van der Waals surface area (Å²) in [5.74, 6) is -3.57. The Hall–Kier alpha value is -6.78. The molecule has 4 aromatic rings. The molecule has 2 aromatic heterocycles. The lowest BCUT2D eigenvalue weighted by atomic mass is 9.94. The van der Waals surface area contributed by atoms with Gasteiger partial charge in [0.1, 0.15) is 35.7 Å². The molecule has 0 spiro atoms. The molecule has 63 heavy (non-hydrogen) atoms. The summed E-state index contributed by atoms with van der Waals surface area (Å²) in [7, 11) is -0.0131. The molecule has 4 heterocycles. The predicted octanol–water partition coefficient (Wildman–Crippen LogP) is -0.861. The number of urea groups is 1. The van der Waals surface area contributed by atoms with Crippen LogP contribution >= 0.6 is 0 Å². The lowest BCUT2D eigenvalue weighted by Crippen LogP contribution is -2.62. The van der Waals surface area contributed by atoms with Crippen LogP contribution in [0.5, 0.6) is 5.75 Å². The second kappa shape index (κ2) is 19.9. The van der Waals surface area contributed by atoms with Crippen molar-refractivity contribution >= 4 is 51.4 Å². The first-order valence-corrected chi connectivity index (χ1v) is 21.6. The highest BCUT2D eigenvalue weighted by molar-refractivity contribution is 7.84. The van der Waals surface area contributed by atoms with E-state index in [0.29, 0.717) is 11.1 Å². The summed E-state index contributed by atoms with van der Waals surface area (Å²) in [5, 5.41) is 44.9. The normalized spacial score (nSPS) is 20.0. The quantitative estimate of drug-likeness (QED) is 0.0656. The zero-order chi connectivity index (χ0) is 45.5. The number of hydrogen-bond acceptors (Lipinski definition) is 12. The van der Waals surface area contributed by atoms with E-state index in [1.165, 1.54) is 25.1 Å². The number of fused-ring (bicyclic) bond motifs is 2. The summed E-state index contributed by atoms with van der Waals surface area (Å²) in [6, 6.07) is 5.96. The smallest absolute Gasteiger partial charge is 0.331 e. The van der Waals surface area contributed by atoms with Crippen molar-refractivity contribution in [2.75, 3.05) is 19.1 Å². The van der Waals surface area contributed by atoms with Crippen LogP contribution in [0.2, 0.25) is 0 Å². The van der Waals surface area contributed by atoms with E-state index in [1.54, 1.807) is 36.5 Å². The van der Waals surface area contributed by atoms with Gasteiger partial charge in [-0.2, -0.15) is 0 Å². The van der Waals surface area contributed by atoms with Crippen LogP contribution in [-0.4, -0.2) is 124 Å². The Morgan fingerprint density at radius 2 is 1.76 bits per heavy atom. The first-order chi connectivity index (χ1) is 30.0. The Kier molecular flexibility index (Phi) is 14.5. The second-order valence-electron chi connectivity index (χ2n) is 15.3. The number of aromatic amines is 2. The van der Waals surface area contributed by atoms with Gasteiger partial charge in [-0.3, -0.25) is 32.9 Å². The van der Waals surface area contributed by atoms with Crippen molar-refractivity contribution in [2.45, 2.75) is 81.7 Å². The van der Waals surface area contributed by atoms with Crippen LogP contribution < -0.4 is 37.8 Å². The highest BCUT2D eigenvalue weighted by Crippen LogP contribution is 2.30. The number of carboxylic acid groups (broad SMARTS) is 1. The standard InChI is InChI=1S/C41H49N9O12S/c1-21(49(2)37(56)29-15-22-7-6-10-31(51)26(22)20-43-29)34(36(55)44-19-24-17-32(52)38(62-24)50-13-11-33(53)47-41(50)60)48-35(54)28(12-14-63(3)61)45-40(59)46-30(39(57)58)16-23-18-42-27-9-5-4-8-25(23)27/h4-11,13,18-19,21,28-30,32,34,38,42-43,51-52H,12,14-17,20H2,1-3H3,(H,44,55)(H,48,54)(H,57,58)(H2,45,46,59)(H,47,53,60)/b24-19-/t21-,28?,29+,30?,32+,34?,38+,63?/m0/s1. The van der Waals surface area contributed by atoms with Crippen molar-refractivity contribution in [3.63, 3.8) is 0 Å². The number of nitrogens with zero attached hydrogens (tertiary/aromatic N) is 2. The van der Waals surface area contributed by atoms with Crippen molar-refractivity contribution in [3.05, 3.63) is 110 Å². The third kappa shape index (κ3) is 11.0. The van der Waals surface area contributed by atoms with E-state index < -0.39 is 94.3 Å². The van der Waals surface area contributed by atoms with Gasteiger partial charge in [-0.25, -0.2) is 14.4 Å². The molecule has 0 radical (unpaired) electrons. The lowest BCUT2D eigenvalue weighted by Gasteiger charge is -2.36. The van der Waals surface area contributed by atoms with Gasteiger partial charge in [0, 0.05) is 90.4 Å². The summed E-state index contributed by atoms with van der Waals surface area (Å²) in [6.45, 7) is 1.69. The molecule has 336 valence electrons. The van der Waals surface area contributed by atoms with Crippen molar-refractivity contribution in [2.24, 2.45) is 0 Å². The Morgan fingerprint density at radius 3 is 2.49 bits per heavy atom. The number of aromatic nitrogens is 3. The molecular formula is C41H49N9O12S. The number of carbonyl (C=O) groups excluding carboxylic acids is 4. The van der Waals surface area contributed by atoms with Gasteiger partial charge in [-0.15, -0.1) is 0 Å². The Bertz CT molecular complexity index is 2550. The number of likely N-dealkylation sites (N-methyl/N-ethyl adjacent to an activating group) is 1. The summed E-state index contributed by atoms with van der Waals surface area (Å²) >= 11 is 0. The zero-order valence-corrected chi connectivity index (χ0v) is 35.3. The van der Waals surface area contributed by atoms with Crippen LogP contribution in [-0.2, 0) is 54.1 Å². The number of phenolic OH excluding ortho intramolecular Hbond substituents is 1. The van der Waals surface area contributed by atoms with Gasteiger partial charge in [0.2, 0.25) is 23.9 Å². The van der Waals surface area contributed by atoms with Gasteiger partial charge in [0.15, 0.2) is 0 Å². The molecule has 4 unspecified atom stereocenters. The van der Waals surface area contributed by atoms with Crippen LogP contribution in [0.4, 0.5) is 4.79 Å². The maximum Gasteiger partial charge on any atom is 0.331 e. The lowest BCUT2D eigenvalue weighted by molar-refractivity contribution is -0.139. The fourth-order valence-corrected chi connectivity index (χ4v) is 8.03. The number of aliphatic carboxylic acids is 1. The van der Waals surface area contributed by atoms with E-state index in [2.05, 4.69) is 36.6 Å². The molecule has 0 bridgehead atoms. The third-order valence-electron chi connectivity index (χ3n) is 11.0. The molecule has 8 atom stereocenters. The minimum atomic E-state index is -1.54. The number of aliphatic hydroxyl groups is 1. The summed E-state index contributed by atoms with van der Waals surface area (Å²) in [6.07, 6.45) is 2.50. The van der Waals surface area contributed by atoms with Crippen molar-refractivity contribution in [1.29, 1.82) is 0 Å². The number of nitrogens with one attached hydrogen (secondary N) is 7. The van der Waals surface area contributed by atoms with Crippen LogP contribution in [0.3, 0.4) is 0 Å². The Balaban J connectivity index is 1.21. The maximum absolute atomic E-state index is 14.1. The molecule has 21 nitrogen and oxygen atoms in total. The fraction of sp³-hybridized carbons (Fsp3) is 0.390. The number of carboxylic acids is 1. The van der Waals surface area contributed by atoms with Crippen LogP contribution in [0, 0.1) is 0 Å². The molecule has 2 aliphatic heterocycles. The first kappa shape index (κ1) is 45.7. The number of carbonyl (C=O) groups is 5. The molecule has 5 amide bonds. The zero-order valence-electron chi connectivity index (χ0n) is 34.5. The summed E-state index contributed by atoms with van der Waals surface area (Å²) < 4.78 is 18.9. The fourth-order valence-electron chi connectivity index (χ4n) is 7.46. The SMILES string of the molecule is C[C@@H](C(NC(=O)C(CCS(C)=O)NC(=O)NC(Cc1c[nH]c2ccccc12)C(=O)O)C(=O)N/C=C1/C[C@@H](O)[C@H](n2ccc(=O)[nH]c2=O)O1)N(C)C(=O)[C@H]1Cc2cccc(O)c2CN1. The molecule has 22 heteroatoms. The highest BCUT2D eigenvalue weighted by Gasteiger charge is 2.38. The molecule has 2 aliphatic rings. The number of rotatable bonds is 16. The van der Waals surface area contributed by atoms with Gasteiger partial charge in [0.05, 0.1) is 12.1 Å². The monoisotopic (exact) mass is 891 g/mol. The average molecular weight is 892 g/mol. The van der Waals surface area contributed by atoms with E-state index >= 15 is 0 Å². The number of phenols is 1. The number of amides is 5. The van der Waals surface area contributed by atoms with Gasteiger partial charge < -0.3 is 56.5 Å². The van der Waals surface area contributed by atoms with Crippen LogP contribution in [0.15, 0.2) is 82.5 Å². The minimum Gasteiger partial charge on any atom is -0.508 e. The number of hydrogen-bond donors (Lipinski definition) is 10. The molecular weight excluding hydrogens is 843 g/mol. The number of aromatic hydroxyl groups is 1. The minimum absolute atomic E-state index is 0.0247. The molecule has 1 saturated heterocycles. The molecule has 1 fully saturated rings. The molecule has 0 saturated carbocycles. The van der Waals surface area contributed by atoms with E-state index in [0.717, 1.165) is 39.5 Å². The highest BCUT2D eigenvalue weighted by atomic mass is 32.2. The first-order valence-electron chi connectivity index (χ1n) is 19.9. The summed E-state index contributed by atoms with van der Waals surface area (Å²) in [4.78, 5) is 98.3. The molecule has 6 rings (SSSR count). The molecule has 2 aromatic carbocycles. The number of H-pyrrole nitrogens is 2. The average Bonchev–Trinajstić information content (AvgIpc) is 3.84. The van der Waals surface area contributed by atoms with Crippen LogP contribution in [0.25, 0.3) is 10.9 Å². The van der Waals surface area contributed by atoms with Gasteiger partial charge in [0.25, 0.3) is 5.56 Å². The van der Waals surface area contributed by atoms with E-state index in [9.17, 15) is 53.1 Å². The molecule has 10 N–H and O–H groups in total. The van der Waals surface area contributed by atoms with Gasteiger partial charge in [-0.1, -0.05) is 30.3 Å². The number of ether oxygens (including phenoxy) is 1. The van der Waals surface area contributed by atoms with Crippen molar-refractivity contribution < 1.29 is 48.2 Å². The van der Waals surface area contributed by atoms with E-state index in [1.807, 2.05) is 12.1 Å². The van der Waals surface area contributed by atoms with Crippen molar-refractivity contribution in [1.82, 2.24) is 46.0 Å². The van der Waals surface area contributed by atoms with Gasteiger partial charge in [-0.05, 0) is 43.0 Å². The topological polar surface area (TPSA) is 306 Å². The predicted molar refractivity (Wildman–Crippen MR) is 227 cm³/mol.